The molecular weight excluding hydrogens is 327 g/mol. The van der Waals surface area contributed by atoms with Crippen molar-refractivity contribution in [3.63, 3.8) is 0 Å². The molecule has 3 aromatic rings. The molecule has 26 heavy (non-hydrogen) atoms. The van der Waals surface area contributed by atoms with Crippen LogP contribution in [-0.2, 0) is 0 Å². The van der Waals surface area contributed by atoms with Gasteiger partial charge >= 0.3 is 0 Å². The van der Waals surface area contributed by atoms with Crippen molar-refractivity contribution in [1.82, 2.24) is 9.88 Å². The van der Waals surface area contributed by atoms with E-state index in [9.17, 15) is 9.18 Å². The Morgan fingerprint density at radius 2 is 1.73 bits per heavy atom. The molecule has 2 bridgehead atoms. The van der Waals surface area contributed by atoms with E-state index in [1.165, 1.54) is 5.56 Å². The van der Waals surface area contributed by atoms with E-state index in [0.29, 0.717) is 5.92 Å². The summed E-state index contributed by atoms with van der Waals surface area (Å²) in [6, 6.07) is 15.4. The monoisotopic (exact) mass is 348 g/mol. The molecule has 1 aromatic heterocycles. The fourth-order valence-corrected chi connectivity index (χ4v) is 4.85. The van der Waals surface area contributed by atoms with Crippen LogP contribution in [0.15, 0.2) is 54.7 Å². The molecule has 2 aliphatic heterocycles. The summed E-state index contributed by atoms with van der Waals surface area (Å²) in [7, 11) is 0. The minimum absolute atomic E-state index is 0.145. The van der Waals surface area contributed by atoms with Crippen molar-refractivity contribution < 1.29 is 9.18 Å². The molecule has 0 saturated carbocycles. The van der Waals surface area contributed by atoms with Crippen molar-refractivity contribution in [1.29, 1.82) is 0 Å². The van der Waals surface area contributed by atoms with Crippen LogP contribution in [0, 0.1) is 5.82 Å². The summed E-state index contributed by atoms with van der Waals surface area (Å²) in [5.74, 6) is 0.374. The molecule has 0 radical (unpaired) electrons. The van der Waals surface area contributed by atoms with Gasteiger partial charge in [-0.25, -0.2) is 4.39 Å². The van der Waals surface area contributed by atoms with Crippen LogP contribution in [-0.4, -0.2) is 27.9 Å². The number of amides is 1. The number of rotatable bonds is 2. The molecule has 1 unspecified atom stereocenters. The van der Waals surface area contributed by atoms with Gasteiger partial charge in [0.2, 0.25) is 0 Å². The number of nitrogens with one attached hydrogen (secondary N) is 1. The molecule has 3 heterocycles. The van der Waals surface area contributed by atoms with E-state index in [0.717, 1.165) is 42.1 Å². The number of H-pyrrole nitrogens is 1. The number of aromatic nitrogens is 1. The number of aromatic amines is 1. The highest BCUT2D eigenvalue weighted by atomic mass is 19.1. The van der Waals surface area contributed by atoms with E-state index in [4.69, 9.17) is 0 Å². The third-order valence-corrected chi connectivity index (χ3v) is 6.11. The molecule has 0 spiro atoms. The summed E-state index contributed by atoms with van der Waals surface area (Å²) >= 11 is 0. The highest BCUT2D eigenvalue weighted by Crippen LogP contribution is 2.43. The predicted molar refractivity (Wildman–Crippen MR) is 99.7 cm³/mol. The Morgan fingerprint density at radius 3 is 2.46 bits per heavy atom. The predicted octanol–water partition coefficient (Wildman–Crippen LogP) is 4.86. The van der Waals surface area contributed by atoms with Gasteiger partial charge in [-0.3, -0.25) is 4.79 Å². The molecule has 1 amide bonds. The van der Waals surface area contributed by atoms with E-state index in [1.807, 2.05) is 42.6 Å². The van der Waals surface area contributed by atoms with Crippen LogP contribution in [0.1, 0.15) is 47.5 Å². The Balaban J connectivity index is 1.39. The van der Waals surface area contributed by atoms with E-state index in [-0.39, 0.29) is 23.8 Å². The van der Waals surface area contributed by atoms with Crippen LogP contribution < -0.4 is 0 Å². The first-order valence-electron chi connectivity index (χ1n) is 9.34. The zero-order chi connectivity index (χ0) is 17.7. The number of piperidine rings is 1. The van der Waals surface area contributed by atoms with Gasteiger partial charge in [0, 0.05) is 29.4 Å². The molecule has 3 nitrogen and oxygen atoms in total. The maximum atomic E-state index is 13.2. The fraction of sp³-hybridized carbons (Fsp3) is 0.318. The lowest BCUT2D eigenvalue weighted by molar-refractivity contribution is 0.0571. The summed E-state index contributed by atoms with van der Waals surface area (Å²) in [6.45, 7) is 0. The number of hydrogen-bond donors (Lipinski definition) is 1. The van der Waals surface area contributed by atoms with Crippen molar-refractivity contribution in [2.75, 3.05) is 0 Å². The van der Waals surface area contributed by atoms with Crippen molar-refractivity contribution in [2.45, 2.75) is 43.7 Å². The van der Waals surface area contributed by atoms with E-state index >= 15 is 0 Å². The quantitative estimate of drug-likeness (QED) is 0.705. The number of nitrogens with zero attached hydrogens (tertiary/aromatic N) is 1. The lowest BCUT2D eigenvalue weighted by atomic mass is 9.85. The van der Waals surface area contributed by atoms with Gasteiger partial charge in [0.15, 0.2) is 0 Å². The van der Waals surface area contributed by atoms with Crippen LogP contribution >= 0.6 is 0 Å². The third-order valence-electron chi connectivity index (χ3n) is 6.11. The molecule has 5 rings (SSSR count). The average molecular weight is 348 g/mol. The number of benzene rings is 2. The van der Waals surface area contributed by atoms with E-state index in [1.54, 1.807) is 12.1 Å². The van der Waals surface area contributed by atoms with Gasteiger partial charge < -0.3 is 9.88 Å². The molecule has 2 fully saturated rings. The van der Waals surface area contributed by atoms with Gasteiger partial charge in [0.25, 0.3) is 5.91 Å². The normalized spacial score (nSPS) is 25.0. The maximum absolute atomic E-state index is 13.2. The van der Waals surface area contributed by atoms with Crippen molar-refractivity contribution in [3.8, 4) is 0 Å². The zero-order valence-electron chi connectivity index (χ0n) is 14.5. The van der Waals surface area contributed by atoms with Crippen LogP contribution in [0.25, 0.3) is 10.9 Å². The Hall–Kier alpha value is -2.62. The molecule has 132 valence electrons. The number of carbonyl (C=O) groups is 1. The lowest BCUT2D eigenvalue weighted by Crippen LogP contribution is -2.46. The highest BCUT2D eigenvalue weighted by molar-refractivity contribution is 5.98. The summed E-state index contributed by atoms with van der Waals surface area (Å²) in [5.41, 5.74) is 2.96. The van der Waals surface area contributed by atoms with Gasteiger partial charge in [-0.15, -0.1) is 0 Å². The van der Waals surface area contributed by atoms with Crippen LogP contribution in [0.4, 0.5) is 4.39 Å². The Labute approximate surface area is 151 Å². The van der Waals surface area contributed by atoms with Crippen LogP contribution in [0.2, 0.25) is 0 Å². The van der Waals surface area contributed by atoms with Crippen LogP contribution in [0.3, 0.4) is 0 Å². The second-order valence-electron chi connectivity index (χ2n) is 7.60. The topological polar surface area (TPSA) is 36.1 Å². The molecule has 1 N–H and O–H groups in total. The molecule has 4 heteroatoms. The third kappa shape index (κ3) is 2.52. The fourth-order valence-electron chi connectivity index (χ4n) is 4.85. The summed E-state index contributed by atoms with van der Waals surface area (Å²) in [6.07, 6.45) is 5.98. The summed E-state index contributed by atoms with van der Waals surface area (Å²) < 4.78 is 13.2. The van der Waals surface area contributed by atoms with Crippen molar-refractivity contribution in [3.05, 3.63) is 71.7 Å². The number of hydrogen-bond acceptors (Lipinski definition) is 1. The number of halogens is 1. The molecule has 2 aliphatic rings. The van der Waals surface area contributed by atoms with Crippen molar-refractivity contribution in [2.24, 2.45) is 0 Å². The van der Waals surface area contributed by atoms with Gasteiger partial charge in [-0.05, 0) is 72.9 Å². The standard InChI is InChI=1S/C22H21FN2O/c23-18-5-3-14(4-6-18)17-11-19-7-8-20(12-17)25(19)22(26)16-2-1-15-9-10-24-21(15)13-16/h1-6,9-10,13,17,19-20,24H,7-8,11-12H2/t17?,19-,20+. The molecule has 3 atom stereocenters. The Kier molecular flexibility index (Phi) is 3.59. The summed E-state index contributed by atoms with van der Waals surface area (Å²) in [5, 5.41) is 1.12. The van der Waals surface area contributed by atoms with Gasteiger partial charge in [0.1, 0.15) is 5.82 Å². The number of carbonyl (C=O) groups excluding carboxylic acids is 1. The first kappa shape index (κ1) is 15.6. The highest BCUT2D eigenvalue weighted by Gasteiger charge is 2.43. The van der Waals surface area contributed by atoms with Gasteiger partial charge in [-0.2, -0.15) is 0 Å². The molecule has 2 aromatic carbocycles. The second kappa shape index (κ2) is 5.97. The second-order valence-corrected chi connectivity index (χ2v) is 7.60. The van der Waals surface area contributed by atoms with Crippen molar-refractivity contribution >= 4 is 16.8 Å². The summed E-state index contributed by atoms with van der Waals surface area (Å²) in [4.78, 5) is 18.5. The first-order chi connectivity index (χ1) is 12.7. The van der Waals surface area contributed by atoms with Gasteiger partial charge in [-0.1, -0.05) is 18.2 Å². The maximum Gasteiger partial charge on any atom is 0.254 e. The Morgan fingerprint density at radius 1 is 1.00 bits per heavy atom. The first-order valence-corrected chi connectivity index (χ1v) is 9.34. The molecule has 0 aliphatic carbocycles. The number of fused-ring (bicyclic) bond motifs is 3. The minimum Gasteiger partial charge on any atom is -0.361 e. The lowest BCUT2D eigenvalue weighted by Gasteiger charge is -2.39. The van der Waals surface area contributed by atoms with Crippen LogP contribution in [0.5, 0.6) is 0 Å². The van der Waals surface area contributed by atoms with Gasteiger partial charge in [0.05, 0.1) is 0 Å². The molecular formula is C22H21FN2O. The Bertz CT molecular complexity index is 948. The zero-order valence-corrected chi connectivity index (χ0v) is 14.5. The largest absolute Gasteiger partial charge is 0.361 e. The smallest absolute Gasteiger partial charge is 0.254 e. The molecule has 2 saturated heterocycles. The minimum atomic E-state index is -0.191. The van der Waals surface area contributed by atoms with E-state index < -0.39 is 0 Å². The average Bonchev–Trinajstić information content (AvgIpc) is 3.23. The SMILES string of the molecule is O=C(c1ccc2cc[nH]c2c1)N1[C@@H]2CC[C@H]1CC(c1ccc(F)cc1)C2. The van der Waals surface area contributed by atoms with E-state index in [2.05, 4.69) is 9.88 Å².